The van der Waals surface area contributed by atoms with Crippen LogP contribution in [0.2, 0.25) is 0 Å². The van der Waals surface area contributed by atoms with Gasteiger partial charge in [-0.2, -0.15) is 0 Å². The van der Waals surface area contributed by atoms with Gasteiger partial charge in [0.15, 0.2) is 0 Å². The molecule has 1 atom stereocenters. The molecule has 50 valence electrons. The summed E-state index contributed by atoms with van der Waals surface area (Å²) in [7, 11) is 0. The van der Waals surface area contributed by atoms with Crippen molar-refractivity contribution in [3.63, 3.8) is 0 Å². The highest BCUT2D eigenvalue weighted by atomic mass is 19.1. The largest absolute Gasteiger partial charge is 0.248 e. The summed E-state index contributed by atoms with van der Waals surface area (Å²) in [4.78, 5) is 0. The van der Waals surface area contributed by atoms with E-state index in [0.29, 0.717) is 6.42 Å². The normalized spacial score (nSPS) is 19.6. The Hall–Kier alpha value is -0.0700. The van der Waals surface area contributed by atoms with E-state index in [4.69, 9.17) is 1.37 Å². The van der Waals surface area contributed by atoms with Crippen LogP contribution < -0.4 is 0 Å². The quantitative estimate of drug-likeness (QED) is 0.499. The van der Waals surface area contributed by atoms with Crippen LogP contribution in [0.4, 0.5) is 4.39 Å². The standard InChI is InChI=1S/C7H15F/c1-3-4-5-6-7(2)8/h7H,3-6H2,1-2H3/i7D. The molecule has 0 amide bonds. The van der Waals surface area contributed by atoms with E-state index >= 15 is 0 Å². The maximum absolute atomic E-state index is 12.4. The Morgan fingerprint density at radius 3 is 2.62 bits per heavy atom. The second kappa shape index (κ2) is 5.07. The van der Waals surface area contributed by atoms with E-state index in [-0.39, 0.29) is 0 Å². The van der Waals surface area contributed by atoms with Gasteiger partial charge in [-0.05, 0) is 13.3 Å². The molecule has 0 radical (unpaired) electrons. The molecule has 0 aromatic heterocycles. The monoisotopic (exact) mass is 119 g/mol. The van der Waals surface area contributed by atoms with Gasteiger partial charge in [0.2, 0.25) is 0 Å². The highest BCUT2D eigenvalue weighted by Gasteiger charge is 1.94. The van der Waals surface area contributed by atoms with E-state index < -0.39 is 6.15 Å². The molecule has 0 aromatic rings. The van der Waals surface area contributed by atoms with Crippen molar-refractivity contribution in [2.45, 2.75) is 45.7 Å². The predicted molar refractivity (Wildman–Crippen MR) is 34.7 cm³/mol. The Morgan fingerprint density at radius 2 is 2.25 bits per heavy atom. The number of halogens is 1. The molecule has 0 bridgehead atoms. The molecule has 0 heterocycles. The van der Waals surface area contributed by atoms with Crippen molar-refractivity contribution in [2.24, 2.45) is 0 Å². The van der Waals surface area contributed by atoms with Gasteiger partial charge >= 0.3 is 0 Å². The number of unbranched alkanes of at least 4 members (excludes halogenated alkanes) is 2. The van der Waals surface area contributed by atoms with Crippen LogP contribution in [0, 0.1) is 0 Å². The zero-order valence-electron chi connectivity index (χ0n) is 6.71. The minimum atomic E-state index is -1.70. The Bertz CT molecular complexity index is 65.8. The van der Waals surface area contributed by atoms with Crippen molar-refractivity contribution in [1.29, 1.82) is 0 Å². The van der Waals surface area contributed by atoms with Crippen molar-refractivity contribution in [3.8, 4) is 0 Å². The summed E-state index contributed by atoms with van der Waals surface area (Å²) >= 11 is 0. The molecule has 0 nitrogen and oxygen atoms in total. The average Bonchev–Trinajstić information content (AvgIpc) is 1.63. The molecule has 1 heteroatoms. The molecule has 0 saturated heterocycles. The lowest BCUT2D eigenvalue weighted by Gasteiger charge is -1.97. The van der Waals surface area contributed by atoms with Gasteiger partial charge in [-0.25, -0.2) is 4.39 Å². The fourth-order valence-corrected chi connectivity index (χ4v) is 0.619. The Labute approximate surface area is 52.5 Å². The smallest absolute Gasteiger partial charge is 0.0973 e. The molecule has 0 N–H and O–H groups in total. The first-order valence-electron chi connectivity index (χ1n) is 3.75. The highest BCUT2D eigenvalue weighted by molar-refractivity contribution is 4.46. The van der Waals surface area contributed by atoms with Crippen molar-refractivity contribution in [3.05, 3.63) is 0 Å². The SMILES string of the molecule is [2H]C(C)(F)CCCCC. The fraction of sp³-hybridized carbons (Fsp3) is 1.00. The second-order valence-corrected chi connectivity index (χ2v) is 2.13. The number of hydrogen-bond donors (Lipinski definition) is 0. The van der Waals surface area contributed by atoms with Gasteiger partial charge in [0, 0.05) is 0 Å². The van der Waals surface area contributed by atoms with Gasteiger partial charge in [0.1, 0.15) is 0 Å². The first kappa shape index (κ1) is 6.06. The summed E-state index contributed by atoms with van der Waals surface area (Å²) in [5.41, 5.74) is 0. The fourth-order valence-electron chi connectivity index (χ4n) is 0.619. The van der Waals surface area contributed by atoms with Crippen LogP contribution in [0.3, 0.4) is 0 Å². The van der Waals surface area contributed by atoms with E-state index in [9.17, 15) is 4.39 Å². The third-order valence-electron chi connectivity index (χ3n) is 1.12. The van der Waals surface area contributed by atoms with Gasteiger partial charge in [-0.15, -0.1) is 0 Å². The molecule has 0 spiro atoms. The molecule has 0 aliphatic heterocycles. The van der Waals surface area contributed by atoms with Crippen LogP contribution in [0.5, 0.6) is 0 Å². The molecule has 8 heavy (non-hydrogen) atoms. The van der Waals surface area contributed by atoms with E-state index in [0.717, 1.165) is 19.3 Å². The maximum Gasteiger partial charge on any atom is 0.0973 e. The topological polar surface area (TPSA) is 0 Å². The molecule has 0 saturated carbocycles. The average molecular weight is 119 g/mol. The van der Waals surface area contributed by atoms with Gasteiger partial charge in [0.05, 0.1) is 7.52 Å². The van der Waals surface area contributed by atoms with Crippen LogP contribution in [0.25, 0.3) is 0 Å². The Morgan fingerprint density at radius 1 is 1.62 bits per heavy atom. The minimum Gasteiger partial charge on any atom is -0.248 e. The first-order valence-corrected chi connectivity index (χ1v) is 3.25. The van der Waals surface area contributed by atoms with Crippen LogP contribution in [-0.2, 0) is 0 Å². The van der Waals surface area contributed by atoms with Gasteiger partial charge in [-0.3, -0.25) is 0 Å². The lowest BCUT2D eigenvalue weighted by molar-refractivity contribution is 0.331. The first-order chi connectivity index (χ1) is 4.06. The lowest BCUT2D eigenvalue weighted by Crippen LogP contribution is -1.90. The summed E-state index contributed by atoms with van der Waals surface area (Å²) in [5.74, 6) is 0. The molecule has 1 unspecified atom stereocenters. The lowest BCUT2D eigenvalue weighted by atomic mass is 10.1. The third kappa shape index (κ3) is 5.93. The molecular formula is C7H15F. The third-order valence-corrected chi connectivity index (χ3v) is 1.12. The van der Waals surface area contributed by atoms with Crippen molar-refractivity contribution >= 4 is 0 Å². The van der Waals surface area contributed by atoms with Crippen molar-refractivity contribution < 1.29 is 5.76 Å². The predicted octanol–water partition coefficient (Wildman–Crippen LogP) is 2.92. The van der Waals surface area contributed by atoms with Crippen LogP contribution in [0.1, 0.15) is 40.9 Å². The summed E-state index contributed by atoms with van der Waals surface area (Å²) in [6, 6.07) is 0. The zero-order valence-corrected chi connectivity index (χ0v) is 5.71. The highest BCUT2D eigenvalue weighted by Crippen LogP contribution is 2.04. The molecule has 0 aromatic carbocycles. The number of hydrogen-bond acceptors (Lipinski definition) is 0. The molecule has 0 rings (SSSR count). The second-order valence-electron chi connectivity index (χ2n) is 2.13. The Kier molecular flexibility index (Phi) is 3.84. The maximum atomic E-state index is 12.4. The molecule has 0 fully saturated rings. The number of alkyl halides is 1. The summed E-state index contributed by atoms with van der Waals surface area (Å²) in [6.45, 7) is 3.38. The van der Waals surface area contributed by atoms with Crippen LogP contribution in [0.15, 0.2) is 0 Å². The Balaban J connectivity index is 3.07. The van der Waals surface area contributed by atoms with Crippen LogP contribution >= 0.6 is 0 Å². The number of rotatable bonds is 4. The summed E-state index contributed by atoms with van der Waals surface area (Å²) in [6.07, 6.45) is 1.65. The molecular weight excluding hydrogens is 103 g/mol. The van der Waals surface area contributed by atoms with Crippen molar-refractivity contribution in [2.75, 3.05) is 0 Å². The van der Waals surface area contributed by atoms with Gasteiger partial charge in [0.25, 0.3) is 0 Å². The molecule has 0 aliphatic rings. The summed E-state index contributed by atoms with van der Waals surface area (Å²) in [5, 5.41) is 0. The molecule has 0 aliphatic carbocycles. The zero-order chi connectivity index (χ0) is 7.33. The van der Waals surface area contributed by atoms with Gasteiger partial charge in [-0.1, -0.05) is 26.2 Å². The summed E-state index contributed by atoms with van der Waals surface area (Å²) < 4.78 is 19.2. The van der Waals surface area contributed by atoms with Crippen LogP contribution in [-0.4, -0.2) is 6.15 Å². The van der Waals surface area contributed by atoms with Gasteiger partial charge < -0.3 is 0 Å². The van der Waals surface area contributed by atoms with Crippen molar-refractivity contribution in [1.82, 2.24) is 0 Å². The van der Waals surface area contributed by atoms with E-state index in [2.05, 4.69) is 6.92 Å². The van der Waals surface area contributed by atoms with E-state index in [1.54, 1.807) is 0 Å². The minimum absolute atomic E-state index is 0.376. The van der Waals surface area contributed by atoms with E-state index in [1.165, 1.54) is 6.92 Å². The van der Waals surface area contributed by atoms with E-state index in [1.807, 2.05) is 0 Å².